The number of oxazole rings is 1. The number of benzene rings is 2. The average Bonchev–Trinajstić information content (AvgIpc) is 3.27. The highest BCUT2D eigenvalue weighted by Gasteiger charge is 2.41. The fraction of sp³-hybridized carbons (Fsp3) is 0.292. The molecule has 0 radical (unpaired) electrons. The normalized spacial score (nSPS) is 15.3. The van der Waals surface area contributed by atoms with E-state index in [2.05, 4.69) is 17.2 Å². The highest BCUT2D eigenvalue weighted by molar-refractivity contribution is 6.04. The molecule has 0 fully saturated rings. The van der Waals surface area contributed by atoms with Gasteiger partial charge in [-0.3, -0.25) is 9.59 Å². The van der Waals surface area contributed by atoms with E-state index in [1.165, 1.54) is 0 Å². The summed E-state index contributed by atoms with van der Waals surface area (Å²) < 4.78 is 5.85. The molecule has 4 rings (SSSR count). The first-order chi connectivity index (χ1) is 14.6. The van der Waals surface area contributed by atoms with Gasteiger partial charge in [0.05, 0.1) is 6.54 Å². The van der Waals surface area contributed by atoms with E-state index in [0.717, 1.165) is 24.0 Å². The molecule has 30 heavy (non-hydrogen) atoms. The molecule has 1 aliphatic rings. The van der Waals surface area contributed by atoms with Gasteiger partial charge in [0.15, 0.2) is 0 Å². The smallest absolute Gasteiger partial charge is 0.255 e. The average molecular weight is 403 g/mol. The number of amides is 2. The molecule has 0 spiro atoms. The predicted octanol–water partition coefficient (Wildman–Crippen LogP) is 4.26. The van der Waals surface area contributed by atoms with Crippen LogP contribution in [0.15, 0.2) is 59.0 Å². The third kappa shape index (κ3) is 3.73. The zero-order chi connectivity index (χ0) is 21.1. The van der Waals surface area contributed by atoms with Crippen molar-refractivity contribution in [3.8, 4) is 11.5 Å². The number of nitrogens with one attached hydrogen (secondary N) is 1. The highest BCUT2D eigenvalue weighted by Crippen LogP contribution is 2.35. The van der Waals surface area contributed by atoms with E-state index in [-0.39, 0.29) is 18.4 Å². The van der Waals surface area contributed by atoms with Crippen molar-refractivity contribution in [2.45, 2.75) is 39.3 Å². The lowest BCUT2D eigenvalue weighted by molar-refractivity contribution is -0.125. The van der Waals surface area contributed by atoms with E-state index in [1.807, 2.05) is 55.5 Å². The molecule has 2 aromatic carbocycles. The van der Waals surface area contributed by atoms with Crippen molar-refractivity contribution in [1.29, 1.82) is 0 Å². The van der Waals surface area contributed by atoms with Gasteiger partial charge in [-0.1, -0.05) is 49.7 Å². The number of carbonyl (C=O) groups excluding carboxylic acids is 2. The van der Waals surface area contributed by atoms with Gasteiger partial charge in [-0.2, -0.15) is 0 Å². The molecule has 0 saturated heterocycles. The number of carbonyl (C=O) groups is 2. The molecule has 2 heterocycles. The summed E-state index contributed by atoms with van der Waals surface area (Å²) in [4.78, 5) is 32.3. The molecular weight excluding hydrogens is 378 g/mol. The summed E-state index contributed by atoms with van der Waals surface area (Å²) >= 11 is 0. The summed E-state index contributed by atoms with van der Waals surface area (Å²) in [6.07, 6.45) is 1.89. The van der Waals surface area contributed by atoms with Gasteiger partial charge in [0.1, 0.15) is 17.5 Å². The van der Waals surface area contributed by atoms with E-state index in [9.17, 15) is 9.59 Å². The number of rotatable bonds is 7. The van der Waals surface area contributed by atoms with Gasteiger partial charge in [-0.25, -0.2) is 4.98 Å². The van der Waals surface area contributed by atoms with Crippen LogP contribution >= 0.6 is 0 Å². The number of fused-ring (bicyclic) bond motifs is 1. The van der Waals surface area contributed by atoms with E-state index >= 15 is 0 Å². The summed E-state index contributed by atoms with van der Waals surface area (Å²) in [7, 11) is 0. The van der Waals surface area contributed by atoms with Crippen LogP contribution in [-0.4, -0.2) is 28.2 Å². The van der Waals surface area contributed by atoms with Crippen LogP contribution in [0, 0.1) is 6.92 Å². The van der Waals surface area contributed by atoms with Gasteiger partial charge in [0.25, 0.3) is 5.91 Å². The summed E-state index contributed by atoms with van der Waals surface area (Å²) in [5.74, 6) is 0.829. The number of hydrogen-bond acceptors (Lipinski definition) is 4. The van der Waals surface area contributed by atoms with E-state index in [4.69, 9.17) is 4.42 Å². The van der Waals surface area contributed by atoms with Crippen LogP contribution in [0.4, 0.5) is 0 Å². The molecule has 1 aromatic heterocycles. The molecule has 1 N–H and O–H groups in total. The fourth-order valence-corrected chi connectivity index (χ4v) is 3.74. The third-order valence-corrected chi connectivity index (χ3v) is 5.37. The molecule has 3 aromatic rings. The molecule has 0 bridgehead atoms. The monoisotopic (exact) mass is 403 g/mol. The molecule has 1 atom stereocenters. The van der Waals surface area contributed by atoms with E-state index in [0.29, 0.717) is 29.5 Å². The minimum absolute atomic E-state index is 0.161. The van der Waals surface area contributed by atoms with E-state index < -0.39 is 6.04 Å². The number of nitrogens with zero attached hydrogens (tertiary/aromatic N) is 2. The SMILES string of the molecule is CCCCNC(=O)C1c2ccccc2C(=O)N1Cc1nc(-c2ccccc2)oc1C. The van der Waals surface area contributed by atoms with Crippen molar-refractivity contribution in [3.63, 3.8) is 0 Å². The lowest BCUT2D eigenvalue weighted by Gasteiger charge is -2.24. The molecule has 1 unspecified atom stereocenters. The lowest BCUT2D eigenvalue weighted by atomic mass is 10.0. The van der Waals surface area contributed by atoms with Gasteiger partial charge < -0.3 is 14.6 Å². The summed E-state index contributed by atoms with van der Waals surface area (Å²) in [5, 5.41) is 2.97. The maximum Gasteiger partial charge on any atom is 0.255 e. The number of unbranched alkanes of at least 4 members (excludes halogenated alkanes) is 1. The van der Waals surface area contributed by atoms with Gasteiger partial charge in [-0.15, -0.1) is 0 Å². The summed E-state index contributed by atoms with van der Waals surface area (Å²) in [6.45, 7) is 4.71. The van der Waals surface area contributed by atoms with Crippen LogP contribution in [0.25, 0.3) is 11.5 Å². The first kappa shape index (κ1) is 19.9. The number of aryl methyl sites for hydroxylation is 1. The second kappa shape index (κ2) is 8.53. The molecule has 0 aliphatic carbocycles. The van der Waals surface area contributed by atoms with Crippen LogP contribution in [0.3, 0.4) is 0 Å². The molecule has 6 nitrogen and oxygen atoms in total. The maximum absolute atomic E-state index is 13.1. The van der Waals surface area contributed by atoms with Crippen molar-refractivity contribution in [1.82, 2.24) is 15.2 Å². The van der Waals surface area contributed by atoms with E-state index in [1.54, 1.807) is 11.0 Å². The maximum atomic E-state index is 13.1. The van der Waals surface area contributed by atoms with Crippen molar-refractivity contribution in [2.24, 2.45) is 0 Å². The van der Waals surface area contributed by atoms with Crippen molar-refractivity contribution in [2.75, 3.05) is 6.54 Å². The van der Waals surface area contributed by atoms with Crippen LogP contribution in [0.2, 0.25) is 0 Å². The van der Waals surface area contributed by atoms with Crippen molar-refractivity contribution < 1.29 is 14.0 Å². The zero-order valence-electron chi connectivity index (χ0n) is 17.2. The predicted molar refractivity (Wildman–Crippen MR) is 114 cm³/mol. The standard InChI is InChI=1S/C24H25N3O3/c1-3-4-14-25-22(28)21-18-12-8-9-13-19(18)24(29)27(21)15-20-16(2)30-23(26-20)17-10-6-5-7-11-17/h5-13,21H,3-4,14-15H2,1-2H3,(H,25,28). The molecule has 0 saturated carbocycles. The second-order valence-electron chi connectivity index (χ2n) is 7.46. The molecule has 154 valence electrons. The quantitative estimate of drug-likeness (QED) is 0.598. The Hall–Kier alpha value is -3.41. The highest BCUT2D eigenvalue weighted by atomic mass is 16.4. The Kier molecular flexibility index (Phi) is 5.65. The van der Waals surface area contributed by atoms with Gasteiger partial charge in [0, 0.05) is 17.7 Å². The van der Waals surface area contributed by atoms with Gasteiger partial charge in [0.2, 0.25) is 11.8 Å². The first-order valence-electron chi connectivity index (χ1n) is 10.3. The molecule has 2 amide bonds. The van der Waals surface area contributed by atoms with Crippen molar-refractivity contribution >= 4 is 11.8 Å². The van der Waals surface area contributed by atoms with Gasteiger partial charge >= 0.3 is 0 Å². The Bertz CT molecular complexity index is 1060. The molecular formula is C24H25N3O3. The Balaban J connectivity index is 1.63. The molecule has 6 heteroatoms. The fourth-order valence-electron chi connectivity index (χ4n) is 3.74. The summed E-state index contributed by atoms with van der Waals surface area (Å²) in [6, 6.07) is 16.3. The Morgan fingerprint density at radius 3 is 2.63 bits per heavy atom. The topological polar surface area (TPSA) is 75.4 Å². The van der Waals surface area contributed by atoms with Crippen LogP contribution in [0.1, 0.15) is 53.2 Å². The Labute approximate surface area is 175 Å². The minimum Gasteiger partial charge on any atom is -0.441 e. The second-order valence-corrected chi connectivity index (χ2v) is 7.46. The Morgan fingerprint density at radius 1 is 1.13 bits per heavy atom. The van der Waals surface area contributed by atoms with Crippen molar-refractivity contribution in [3.05, 3.63) is 77.2 Å². The van der Waals surface area contributed by atoms with Crippen LogP contribution in [0.5, 0.6) is 0 Å². The molecule has 1 aliphatic heterocycles. The van der Waals surface area contributed by atoms with Gasteiger partial charge in [-0.05, 0) is 37.1 Å². The van der Waals surface area contributed by atoms with Crippen LogP contribution in [-0.2, 0) is 11.3 Å². The number of hydrogen-bond donors (Lipinski definition) is 1. The zero-order valence-corrected chi connectivity index (χ0v) is 17.2. The number of aromatic nitrogens is 1. The third-order valence-electron chi connectivity index (χ3n) is 5.37. The summed E-state index contributed by atoms with van der Waals surface area (Å²) in [5.41, 5.74) is 2.83. The van der Waals surface area contributed by atoms with Crippen LogP contribution < -0.4 is 5.32 Å². The lowest BCUT2D eigenvalue weighted by Crippen LogP contribution is -2.39. The minimum atomic E-state index is -0.665. The first-order valence-corrected chi connectivity index (χ1v) is 10.3. The largest absolute Gasteiger partial charge is 0.441 e. The Morgan fingerprint density at radius 2 is 1.87 bits per heavy atom.